The second kappa shape index (κ2) is 5.73. The predicted octanol–water partition coefficient (Wildman–Crippen LogP) is 3.46. The van der Waals surface area contributed by atoms with Crippen LogP contribution in [0.4, 0.5) is 18.9 Å². The number of nitrogen functional groups attached to an aromatic ring is 1. The molecule has 0 saturated carbocycles. The van der Waals surface area contributed by atoms with E-state index in [4.69, 9.17) is 5.73 Å². The van der Waals surface area contributed by atoms with Crippen LogP contribution in [0.5, 0.6) is 0 Å². The summed E-state index contributed by atoms with van der Waals surface area (Å²) in [4.78, 5) is 0. The van der Waals surface area contributed by atoms with Crippen LogP contribution in [0, 0.1) is 0 Å². The molecule has 0 fully saturated rings. The van der Waals surface area contributed by atoms with Crippen molar-refractivity contribution >= 4 is 21.6 Å². The van der Waals surface area contributed by atoms with E-state index in [0.29, 0.717) is 12.2 Å². The van der Waals surface area contributed by atoms with Gasteiger partial charge in [0.25, 0.3) is 0 Å². The molecule has 0 bridgehead atoms. The van der Waals surface area contributed by atoms with Crippen LogP contribution in [0.15, 0.2) is 22.7 Å². The third kappa shape index (κ3) is 5.41. The molecule has 0 radical (unpaired) electrons. The highest BCUT2D eigenvalue weighted by Crippen LogP contribution is 2.22. The monoisotopic (exact) mass is 310 g/mol. The van der Waals surface area contributed by atoms with Gasteiger partial charge in [-0.1, -0.05) is 6.07 Å². The molecule has 3 N–H and O–H groups in total. The van der Waals surface area contributed by atoms with Gasteiger partial charge in [0.1, 0.15) is 0 Å². The first kappa shape index (κ1) is 14.3. The number of rotatable bonds is 4. The van der Waals surface area contributed by atoms with Crippen molar-refractivity contribution in [1.29, 1.82) is 0 Å². The first-order valence-electron chi connectivity index (χ1n) is 5.12. The van der Waals surface area contributed by atoms with Crippen molar-refractivity contribution in [2.75, 3.05) is 5.73 Å². The lowest BCUT2D eigenvalue weighted by molar-refractivity contribution is -0.139. The van der Waals surface area contributed by atoms with Crippen LogP contribution in [-0.2, 0) is 6.54 Å². The van der Waals surface area contributed by atoms with E-state index in [-0.39, 0.29) is 0 Å². The fraction of sp³-hybridized carbons (Fsp3) is 0.455. The van der Waals surface area contributed by atoms with E-state index in [2.05, 4.69) is 21.2 Å². The average molecular weight is 311 g/mol. The van der Waals surface area contributed by atoms with E-state index < -0.39 is 18.6 Å². The Morgan fingerprint density at radius 2 is 2.06 bits per heavy atom. The van der Waals surface area contributed by atoms with Gasteiger partial charge >= 0.3 is 6.18 Å². The zero-order chi connectivity index (χ0) is 13.1. The molecule has 1 unspecified atom stereocenters. The number of hydrogen-bond donors (Lipinski definition) is 2. The van der Waals surface area contributed by atoms with Gasteiger partial charge in [-0.2, -0.15) is 13.2 Å². The Balaban J connectivity index is 2.47. The number of halogens is 4. The maximum absolute atomic E-state index is 12.1. The molecular formula is C11H14BrF3N2. The fourth-order valence-corrected chi connectivity index (χ4v) is 1.82. The van der Waals surface area contributed by atoms with Crippen LogP contribution in [0.3, 0.4) is 0 Å². The van der Waals surface area contributed by atoms with Crippen molar-refractivity contribution in [1.82, 2.24) is 5.32 Å². The van der Waals surface area contributed by atoms with Gasteiger partial charge in [0.15, 0.2) is 0 Å². The Bertz CT molecular complexity index is 379. The highest BCUT2D eigenvalue weighted by molar-refractivity contribution is 9.10. The highest BCUT2D eigenvalue weighted by atomic mass is 79.9. The number of benzene rings is 1. The topological polar surface area (TPSA) is 38.0 Å². The molecule has 0 aliphatic heterocycles. The number of nitrogens with two attached hydrogens (primary N) is 1. The van der Waals surface area contributed by atoms with E-state index in [1.165, 1.54) is 6.92 Å². The molecule has 2 nitrogen and oxygen atoms in total. The molecule has 0 amide bonds. The molecule has 1 aromatic carbocycles. The Hall–Kier alpha value is -0.750. The van der Waals surface area contributed by atoms with Gasteiger partial charge in [-0.25, -0.2) is 0 Å². The van der Waals surface area contributed by atoms with Crippen molar-refractivity contribution in [3.05, 3.63) is 28.2 Å². The molecule has 96 valence electrons. The molecule has 0 aliphatic carbocycles. The summed E-state index contributed by atoms with van der Waals surface area (Å²) in [6, 6.07) is 4.69. The second-order valence-electron chi connectivity index (χ2n) is 3.96. The summed E-state index contributed by atoms with van der Waals surface area (Å²) < 4.78 is 37.0. The zero-order valence-electron chi connectivity index (χ0n) is 9.31. The standard InChI is InChI=1S/C11H14BrF3N2/c1-7(5-11(13,14)15)17-6-8-2-3-10(16)9(12)4-8/h2-4,7,17H,5-6,16H2,1H3. The summed E-state index contributed by atoms with van der Waals surface area (Å²) in [6.07, 6.45) is -4.96. The molecule has 0 aromatic heterocycles. The Kier molecular flexibility index (Phi) is 4.82. The van der Waals surface area contributed by atoms with Gasteiger partial charge in [-0.3, -0.25) is 0 Å². The lowest BCUT2D eigenvalue weighted by Crippen LogP contribution is -2.30. The van der Waals surface area contributed by atoms with Gasteiger partial charge < -0.3 is 11.1 Å². The first-order chi connectivity index (χ1) is 7.78. The molecule has 1 aromatic rings. The maximum atomic E-state index is 12.1. The largest absolute Gasteiger partial charge is 0.398 e. The molecule has 17 heavy (non-hydrogen) atoms. The van der Waals surface area contributed by atoms with E-state index in [0.717, 1.165) is 10.0 Å². The predicted molar refractivity (Wildman–Crippen MR) is 65.5 cm³/mol. The van der Waals surface area contributed by atoms with Crippen LogP contribution >= 0.6 is 15.9 Å². The SMILES string of the molecule is CC(CC(F)(F)F)NCc1ccc(N)c(Br)c1. The fourth-order valence-electron chi connectivity index (χ4n) is 1.39. The summed E-state index contributed by atoms with van der Waals surface area (Å²) in [6.45, 7) is 1.90. The number of anilines is 1. The third-order valence-electron chi connectivity index (χ3n) is 2.26. The minimum absolute atomic E-state index is 0.385. The number of alkyl halides is 3. The van der Waals surface area contributed by atoms with Crippen LogP contribution < -0.4 is 11.1 Å². The van der Waals surface area contributed by atoms with Crippen molar-refractivity contribution < 1.29 is 13.2 Å². The lowest BCUT2D eigenvalue weighted by atomic mass is 10.2. The molecular weight excluding hydrogens is 297 g/mol. The van der Waals surface area contributed by atoms with E-state index in [1.54, 1.807) is 18.2 Å². The molecule has 1 atom stereocenters. The summed E-state index contributed by atoms with van der Waals surface area (Å²) in [5.74, 6) is 0. The summed E-state index contributed by atoms with van der Waals surface area (Å²) >= 11 is 3.27. The molecule has 1 rings (SSSR count). The smallest absolute Gasteiger partial charge is 0.390 e. The Morgan fingerprint density at radius 1 is 1.41 bits per heavy atom. The van der Waals surface area contributed by atoms with Gasteiger partial charge in [-0.15, -0.1) is 0 Å². The Morgan fingerprint density at radius 3 is 2.59 bits per heavy atom. The van der Waals surface area contributed by atoms with Gasteiger partial charge in [0.2, 0.25) is 0 Å². The minimum atomic E-state index is -4.13. The van der Waals surface area contributed by atoms with Crippen LogP contribution in [0.1, 0.15) is 18.9 Å². The summed E-state index contributed by atoms with van der Waals surface area (Å²) in [5.41, 5.74) is 7.11. The van der Waals surface area contributed by atoms with Crippen LogP contribution in [0.2, 0.25) is 0 Å². The molecule has 0 heterocycles. The van der Waals surface area contributed by atoms with Gasteiger partial charge in [-0.05, 0) is 40.5 Å². The van der Waals surface area contributed by atoms with Crippen LogP contribution in [0.25, 0.3) is 0 Å². The average Bonchev–Trinajstić information content (AvgIpc) is 2.17. The molecule has 0 saturated heterocycles. The summed E-state index contributed by atoms with van der Waals surface area (Å²) in [5, 5.41) is 2.82. The van der Waals surface area contributed by atoms with Gasteiger partial charge in [0.05, 0.1) is 6.42 Å². The zero-order valence-corrected chi connectivity index (χ0v) is 10.9. The lowest BCUT2D eigenvalue weighted by Gasteiger charge is -2.16. The third-order valence-corrected chi connectivity index (χ3v) is 2.94. The second-order valence-corrected chi connectivity index (χ2v) is 4.81. The highest BCUT2D eigenvalue weighted by Gasteiger charge is 2.29. The normalized spacial score (nSPS) is 13.7. The molecule has 0 aliphatic rings. The molecule has 6 heteroatoms. The van der Waals surface area contributed by atoms with Crippen molar-refractivity contribution in [2.24, 2.45) is 0 Å². The van der Waals surface area contributed by atoms with Crippen LogP contribution in [-0.4, -0.2) is 12.2 Å². The maximum Gasteiger partial charge on any atom is 0.390 e. The minimum Gasteiger partial charge on any atom is -0.398 e. The number of hydrogen-bond acceptors (Lipinski definition) is 2. The molecule has 0 spiro atoms. The van der Waals surface area contributed by atoms with Crippen molar-refractivity contribution in [3.8, 4) is 0 Å². The summed E-state index contributed by atoms with van der Waals surface area (Å²) in [7, 11) is 0. The van der Waals surface area contributed by atoms with Crippen molar-refractivity contribution in [3.63, 3.8) is 0 Å². The number of nitrogens with one attached hydrogen (secondary N) is 1. The van der Waals surface area contributed by atoms with E-state index >= 15 is 0 Å². The quantitative estimate of drug-likeness (QED) is 0.836. The first-order valence-corrected chi connectivity index (χ1v) is 5.91. The van der Waals surface area contributed by atoms with E-state index in [9.17, 15) is 13.2 Å². The van der Waals surface area contributed by atoms with Crippen molar-refractivity contribution in [2.45, 2.75) is 32.1 Å². The van der Waals surface area contributed by atoms with Gasteiger partial charge in [0, 0.05) is 22.7 Å². The van der Waals surface area contributed by atoms with E-state index in [1.807, 2.05) is 0 Å². The Labute approximate surface area is 107 Å².